The maximum atomic E-state index is 12.5. The predicted molar refractivity (Wildman–Crippen MR) is 76.7 cm³/mol. The van der Waals surface area contributed by atoms with Crippen molar-refractivity contribution in [2.45, 2.75) is 31.5 Å². The molecule has 0 spiro atoms. The van der Waals surface area contributed by atoms with Crippen LogP contribution in [0.3, 0.4) is 0 Å². The molecule has 0 aliphatic carbocycles. The maximum absolute atomic E-state index is 12.5. The molecule has 1 saturated heterocycles. The van der Waals surface area contributed by atoms with Crippen molar-refractivity contribution in [1.82, 2.24) is 4.90 Å². The highest BCUT2D eigenvalue weighted by molar-refractivity contribution is 5.89. The van der Waals surface area contributed by atoms with Crippen LogP contribution in [-0.2, 0) is 10.9 Å². The molecule has 7 heteroatoms. The molecule has 1 fully saturated rings. The number of nitrogens with one attached hydrogen (secondary N) is 1. The van der Waals surface area contributed by atoms with Gasteiger partial charge in [0.1, 0.15) is 0 Å². The standard InChI is InChI=1S/C15H19F3N2O2/c1-20(10-13-4-2-3-9-22-13)14(21)19-12-7-5-11(6-8-12)15(16,17)18/h5-8,13H,2-4,9-10H2,1H3,(H,19,21)/t13-/m0/s1. The van der Waals surface area contributed by atoms with E-state index < -0.39 is 11.7 Å². The van der Waals surface area contributed by atoms with Gasteiger partial charge in [0.15, 0.2) is 0 Å². The highest BCUT2D eigenvalue weighted by Gasteiger charge is 2.30. The van der Waals surface area contributed by atoms with Crippen molar-refractivity contribution < 1.29 is 22.7 Å². The predicted octanol–water partition coefficient (Wildman–Crippen LogP) is 3.74. The van der Waals surface area contributed by atoms with E-state index in [1.807, 2.05) is 0 Å². The number of amides is 2. The minimum absolute atomic E-state index is 0.0251. The summed E-state index contributed by atoms with van der Waals surface area (Å²) in [5, 5.41) is 2.57. The summed E-state index contributed by atoms with van der Waals surface area (Å²) in [6.45, 7) is 1.17. The topological polar surface area (TPSA) is 41.6 Å². The number of alkyl halides is 3. The number of carbonyl (C=O) groups excluding carboxylic acids is 1. The zero-order chi connectivity index (χ0) is 16.2. The molecule has 0 radical (unpaired) electrons. The van der Waals surface area contributed by atoms with Gasteiger partial charge in [-0.1, -0.05) is 0 Å². The zero-order valence-electron chi connectivity index (χ0n) is 12.3. The molecule has 2 rings (SSSR count). The molecule has 4 nitrogen and oxygen atoms in total. The molecule has 1 aliphatic rings. The number of carbonyl (C=O) groups is 1. The van der Waals surface area contributed by atoms with Gasteiger partial charge >= 0.3 is 12.2 Å². The molecule has 0 unspecified atom stereocenters. The monoisotopic (exact) mass is 316 g/mol. The van der Waals surface area contributed by atoms with Gasteiger partial charge in [0.05, 0.1) is 11.7 Å². The lowest BCUT2D eigenvalue weighted by atomic mass is 10.1. The average Bonchev–Trinajstić information content (AvgIpc) is 2.48. The Morgan fingerprint density at radius 2 is 2.00 bits per heavy atom. The minimum Gasteiger partial charge on any atom is -0.376 e. The first-order valence-corrected chi connectivity index (χ1v) is 7.17. The Morgan fingerprint density at radius 1 is 1.32 bits per heavy atom. The number of nitrogens with zero attached hydrogens (tertiary/aromatic N) is 1. The quantitative estimate of drug-likeness (QED) is 0.923. The Bertz CT molecular complexity index is 497. The Hall–Kier alpha value is -1.76. The number of ether oxygens (including phenoxy) is 1. The number of halogens is 3. The second-order valence-electron chi connectivity index (χ2n) is 5.37. The van der Waals surface area contributed by atoms with Gasteiger partial charge in [-0.2, -0.15) is 13.2 Å². The van der Waals surface area contributed by atoms with Gasteiger partial charge in [-0.15, -0.1) is 0 Å². The normalized spacial score (nSPS) is 18.8. The van der Waals surface area contributed by atoms with E-state index in [9.17, 15) is 18.0 Å². The van der Waals surface area contributed by atoms with Crippen molar-refractivity contribution in [2.24, 2.45) is 0 Å². The third-order valence-electron chi connectivity index (χ3n) is 3.56. The molecule has 2 amide bonds. The van der Waals surface area contributed by atoms with Crippen molar-refractivity contribution in [3.05, 3.63) is 29.8 Å². The molecule has 0 aromatic heterocycles. The van der Waals surface area contributed by atoms with Crippen LogP contribution >= 0.6 is 0 Å². The van der Waals surface area contributed by atoms with Gasteiger partial charge in [0, 0.05) is 25.9 Å². The molecular weight excluding hydrogens is 297 g/mol. The van der Waals surface area contributed by atoms with Crippen LogP contribution in [0.5, 0.6) is 0 Å². The van der Waals surface area contributed by atoms with Gasteiger partial charge < -0.3 is 15.0 Å². The van der Waals surface area contributed by atoms with E-state index in [4.69, 9.17) is 4.74 Å². The summed E-state index contributed by atoms with van der Waals surface area (Å²) in [6.07, 6.45) is -1.32. The van der Waals surface area contributed by atoms with E-state index >= 15 is 0 Å². The summed E-state index contributed by atoms with van der Waals surface area (Å²) >= 11 is 0. The number of urea groups is 1. The molecule has 0 bridgehead atoms. The molecule has 22 heavy (non-hydrogen) atoms. The highest BCUT2D eigenvalue weighted by Crippen LogP contribution is 2.29. The van der Waals surface area contributed by atoms with Crippen molar-refractivity contribution in [3.8, 4) is 0 Å². The fourth-order valence-electron chi connectivity index (χ4n) is 2.30. The van der Waals surface area contributed by atoms with Crippen LogP contribution in [0.2, 0.25) is 0 Å². The van der Waals surface area contributed by atoms with E-state index in [0.29, 0.717) is 18.8 Å². The van der Waals surface area contributed by atoms with Crippen LogP contribution in [0.1, 0.15) is 24.8 Å². The van der Waals surface area contributed by atoms with Gasteiger partial charge in [0.25, 0.3) is 0 Å². The Balaban J connectivity index is 1.87. The lowest BCUT2D eigenvalue weighted by Crippen LogP contribution is -2.39. The van der Waals surface area contributed by atoms with Crippen LogP contribution in [-0.4, -0.2) is 37.2 Å². The number of anilines is 1. The van der Waals surface area contributed by atoms with Gasteiger partial charge in [-0.3, -0.25) is 0 Å². The van der Waals surface area contributed by atoms with Crippen LogP contribution in [0, 0.1) is 0 Å². The number of hydrogen-bond acceptors (Lipinski definition) is 2. The molecule has 0 saturated carbocycles. The zero-order valence-corrected chi connectivity index (χ0v) is 12.3. The van der Waals surface area contributed by atoms with Crippen LogP contribution in [0.4, 0.5) is 23.7 Å². The summed E-state index contributed by atoms with van der Waals surface area (Å²) in [6, 6.07) is 4.01. The summed E-state index contributed by atoms with van der Waals surface area (Å²) in [4.78, 5) is 13.5. The van der Waals surface area contributed by atoms with Crippen LogP contribution in [0.25, 0.3) is 0 Å². The van der Waals surface area contributed by atoms with E-state index in [1.54, 1.807) is 7.05 Å². The van der Waals surface area contributed by atoms with Gasteiger partial charge in [0.2, 0.25) is 0 Å². The van der Waals surface area contributed by atoms with Gasteiger partial charge in [-0.05, 0) is 43.5 Å². The first-order chi connectivity index (χ1) is 10.4. The summed E-state index contributed by atoms with van der Waals surface area (Å²) < 4.78 is 42.9. The largest absolute Gasteiger partial charge is 0.416 e. The third kappa shape index (κ3) is 4.62. The van der Waals surface area contributed by atoms with Crippen molar-refractivity contribution in [2.75, 3.05) is 25.5 Å². The van der Waals surface area contributed by atoms with Crippen LogP contribution < -0.4 is 5.32 Å². The molecule has 122 valence electrons. The Kier molecular flexibility index (Phi) is 5.28. The first-order valence-electron chi connectivity index (χ1n) is 7.17. The van der Waals surface area contributed by atoms with Crippen molar-refractivity contribution in [3.63, 3.8) is 0 Å². The fourth-order valence-corrected chi connectivity index (χ4v) is 2.30. The van der Waals surface area contributed by atoms with E-state index in [2.05, 4.69) is 5.32 Å². The molecule has 1 aliphatic heterocycles. The molecular formula is C15H19F3N2O2. The molecule has 1 heterocycles. The summed E-state index contributed by atoms with van der Waals surface area (Å²) in [5.74, 6) is 0. The van der Waals surface area contributed by atoms with E-state index in [0.717, 1.165) is 31.4 Å². The van der Waals surface area contributed by atoms with Crippen LogP contribution in [0.15, 0.2) is 24.3 Å². The molecule has 1 N–H and O–H groups in total. The highest BCUT2D eigenvalue weighted by atomic mass is 19.4. The van der Waals surface area contributed by atoms with Crippen molar-refractivity contribution in [1.29, 1.82) is 0 Å². The Morgan fingerprint density at radius 3 is 2.55 bits per heavy atom. The summed E-state index contributed by atoms with van der Waals surface area (Å²) in [5.41, 5.74) is -0.413. The lowest BCUT2D eigenvalue weighted by molar-refractivity contribution is -0.137. The molecule has 1 aromatic rings. The number of rotatable bonds is 3. The minimum atomic E-state index is -4.38. The van der Waals surface area contributed by atoms with E-state index in [1.165, 1.54) is 17.0 Å². The summed E-state index contributed by atoms with van der Waals surface area (Å²) in [7, 11) is 1.64. The molecule has 1 aromatic carbocycles. The average molecular weight is 316 g/mol. The van der Waals surface area contributed by atoms with E-state index in [-0.39, 0.29) is 12.1 Å². The smallest absolute Gasteiger partial charge is 0.376 e. The Labute approximate surface area is 127 Å². The maximum Gasteiger partial charge on any atom is 0.416 e. The number of hydrogen-bond donors (Lipinski definition) is 1. The molecule has 1 atom stereocenters. The van der Waals surface area contributed by atoms with Gasteiger partial charge in [-0.25, -0.2) is 4.79 Å². The number of likely N-dealkylation sites (N-methyl/N-ethyl adjacent to an activating group) is 1. The third-order valence-corrected chi connectivity index (χ3v) is 3.56. The second kappa shape index (κ2) is 7.00. The first kappa shape index (κ1) is 16.6. The van der Waals surface area contributed by atoms with Crippen molar-refractivity contribution >= 4 is 11.7 Å². The number of benzene rings is 1. The second-order valence-corrected chi connectivity index (χ2v) is 5.37. The fraction of sp³-hybridized carbons (Fsp3) is 0.533. The lowest BCUT2D eigenvalue weighted by Gasteiger charge is -2.27. The SMILES string of the molecule is CN(C[C@@H]1CCCCO1)C(=O)Nc1ccc(C(F)(F)F)cc1.